The highest BCUT2D eigenvalue weighted by molar-refractivity contribution is 6.04. The van der Waals surface area contributed by atoms with E-state index in [0.29, 0.717) is 0 Å². The highest BCUT2D eigenvalue weighted by Crippen LogP contribution is 2.49. The second-order valence-electron chi connectivity index (χ2n) is 7.46. The third-order valence-electron chi connectivity index (χ3n) is 5.82. The lowest BCUT2D eigenvalue weighted by atomic mass is 9.95. The first-order valence-corrected chi connectivity index (χ1v) is 10.2. The van der Waals surface area contributed by atoms with E-state index in [1.165, 1.54) is 0 Å². The maximum Gasteiger partial charge on any atom is 0.217 e. The minimum atomic E-state index is -0.391. The largest absolute Gasteiger partial charge is 0.497 e. The molecule has 31 heavy (non-hydrogen) atoms. The van der Waals surface area contributed by atoms with Crippen LogP contribution in [-0.4, -0.2) is 32.0 Å². The third-order valence-corrected chi connectivity index (χ3v) is 5.82. The highest BCUT2D eigenvalue weighted by atomic mass is 16.5. The van der Waals surface area contributed by atoms with E-state index in [-0.39, 0.29) is 6.04 Å². The van der Waals surface area contributed by atoms with E-state index in [9.17, 15) is 0 Å². The molecule has 0 unspecified atom stereocenters. The van der Waals surface area contributed by atoms with Gasteiger partial charge in [-0.15, -0.1) is 0 Å². The van der Waals surface area contributed by atoms with Gasteiger partial charge in [0.25, 0.3) is 0 Å². The molecule has 2 heterocycles. The Labute approximate surface area is 181 Å². The van der Waals surface area contributed by atoms with Crippen molar-refractivity contribution < 1.29 is 18.9 Å². The Balaban J connectivity index is 1.61. The first-order valence-electron chi connectivity index (χ1n) is 10.2. The van der Waals surface area contributed by atoms with Gasteiger partial charge in [-0.2, -0.15) is 5.10 Å². The van der Waals surface area contributed by atoms with Crippen molar-refractivity contribution >= 4 is 5.71 Å². The molecule has 6 heteroatoms. The molecule has 158 valence electrons. The van der Waals surface area contributed by atoms with Gasteiger partial charge >= 0.3 is 0 Å². The monoisotopic (exact) mass is 416 g/mol. The summed E-state index contributed by atoms with van der Waals surface area (Å²) in [7, 11) is 4.99. The average molecular weight is 416 g/mol. The summed E-state index contributed by atoms with van der Waals surface area (Å²) in [5.74, 6) is 3.13. The SMILES string of the molecule is COc1ccc(C2=NN3[C@H](C2)c2ccccc2O[C@@H]3c2ccccc2OC)c(OC)c1. The molecule has 2 atom stereocenters. The van der Waals surface area contributed by atoms with Crippen LogP contribution in [0.3, 0.4) is 0 Å². The fourth-order valence-corrected chi connectivity index (χ4v) is 4.31. The molecule has 0 fully saturated rings. The van der Waals surface area contributed by atoms with Crippen LogP contribution in [0.1, 0.15) is 35.4 Å². The van der Waals surface area contributed by atoms with E-state index in [0.717, 1.165) is 51.8 Å². The van der Waals surface area contributed by atoms with Crippen LogP contribution in [0.25, 0.3) is 0 Å². The number of methoxy groups -OCH3 is 3. The molecule has 0 N–H and O–H groups in total. The molecule has 0 aromatic heterocycles. The van der Waals surface area contributed by atoms with E-state index >= 15 is 0 Å². The number of hydrogen-bond acceptors (Lipinski definition) is 6. The molecule has 0 spiro atoms. The van der Waals surface area contributed by atoms with Crippen LogP contribution in [-0.2, 0) is 0 Å². The van der Waals surface area contributed by atoms with Crippen molar-refractivity contribution in [3.8, 4) is 23.0 Å². The van der Waals surface area contributed by atoms with Gasteiger partial charge in [0.05, 0.1) is 38.6 Å². The van der Waals surface area contributed by atoms with E-state index < -0.39 is 6.23 Å². The molecular formula is C25H24N2O4. The molecule has 0 amide bonds. The Bertz CT molecular complexity index is 1140. The summed E-state index contributed by atoms with van der Waals surface area (Å²) in [6.07, 6.45) is 0.354. The molecule has 2 aliphatic rings. The lowest BCUT2D eigenvalue weighted by Gasteiger charge is -2.38. The summed E-state index contributed by atoms with van der Waals surface area (Å²) in [6.45, 7) is 0. The maximum atomic E-state index is 6.44. The summed E-state index contributed by atoms with van der Waals surface area (Å²) in [5.41, 5.74) is 3.97. The standard InChI is InChI=1S/C25H24N2O4/c1-28-16-12-13-17(24(14-16)30-3)20-15-21-18-8-4-7-11-23(18)31-25(27(21)26-20)19-9-5-6-10-22(19)29-2/h4-14,21,25H,15H2,1-3H3/t21-,25-/m1/s1. The summed E-state index contributed by atoms with van der Waals surface area (Å²) in [4.78, 5) is 0. The Morgan fingerprint density at radius 2 is 1.58 bits per heavy atom. The van der Waals surface area contributed by atoms with Crippen molar-refractivity contribution in [3.63, 3.8) is 0 Å². The number of nitrogens with zero attached hydrogens (tertiary/aromatic N) is 2. The molecule has 0 bridgehead atoms. The number of para-hydroxylation sites is 2. The van der Waals surface area contributed by atoms with Crippen molar-refractivity contribution in [1.29, 1.82) is 0 Å². The third kappa shape index (κ3) is 3.24. The molecule has 0 saturated heterocycles. The second-order valence-corrected chi connectivity index (χ2v) is 7.46. The van der Waals surface area contributed by atoms with Crippen molar-refractivity contribution in [1.82, 2.24) is 5.01 Å². The lowest BCUT2D eigenvalue weighted by Crippen LogP contribution is -2.33. The zero-order valence-corrected chi connectivity index (χ0v) is 17.7. The van der Waals surface area contributed by atoms with Gasteiger partial charge in [0, 0.05) is 23.6 Å². The van der Waals surface area contributed by atoms with Crippen LogP contribution in [0.4, 0.5) is 0 Å². The minimum Gasteiger partial charge on any atom is -0.497 e. The predicted molar refractivity (Wildman–Crippen MR) is 118 cm³/mol. The van der Waals surface area contributed by atoms with Crippen molar-refractivity contribution in [2.75, 3.05) is 21.3 Å². The normalized spacial score (nSPS) is 19.1. The summed E-state index contributed by atoms with van der Waals surface area (Å²) < 4.78 is 23.1. The highest BCUT2D eigenvalue weighted by Gasteiger charge is 2.42. The molecule has 3 aromatic carbocycles. The van der Waals surface area contributed by atoms with Gasteiger partial charge in [0.1, 0.15) is 23.0 Å². The van der Waals surface area contributed by atoms with Gasteiger partial charge in [-0.05, 0) is 30.3 Å². The van der Waals surface area contributed by atoms with Gasteiger partial charge in [0.15, 0.2) is 0 Å². The van der Waals surface area contributed by atoms with E-state index in [1.54, 1.807) is 21.3 Å². The number of hydrazone groups is 1. The van der Waals surface area contributed by atoms with Crippen molar-refractivity contribution in [2.45, 2.75) is 18.7 Å². The van der Waals surface area contributed by atoms with Gasteiger partial charge in [0.2, 0.25) is 6.23 Å². The average Bonchev–Trinajstić information content (AvgIpc) is 3.28. The summed E-state index contributed by atoms with van der Waals surface area (Å²) in [6, 6.07) is 21.9. The number of ether oxygens (including phenoxy) is 4. The molecule has 0 aliphatic carbocycles. The van der Waals surface area contributed by atoms with Gasteiger partial charge < -0.3 is 18.9 Å². The Kier molecular flexibility index (Phi) is 4.90. The number of hydrogen-bond donors (Lipinski definition) is 0. The Morgan fingerprint density at radius 3 is 2.35 bits per heavy atom. The second kappa shape index (κ2) is 7.87. The molecule has 3 aromatic rings. The van der Waals surface area contributed by atoms with E-state index in [1.807, 2.05) is 65.7 Å². The predicted octanol–water partition coefficient (Wildman–Crippen LogP) is 4.95. The zero-order valence-electron chi connectivity index (χ0n) is 17.7. The van der Waals surface area contributed by atoms with Crippen LogP contribution in [0.5, 0.6) is 23.0 Å². The zero-order chi connectivity index (χ0) is 21.4. The quantitative estimate of drug-likeness (QED) is 0.589. The van der Waals surface area contributed by atoms with Crippen molar-refractivity contribution in [2.24, 2.45) is 5.10 Å². The van der Waals surface area contributed by atoms with Crippen molar-refractivity contribution in [3.05, 3.63) is 83.4 Å². The van der Waals surface area contributed by atoms with Crippen LogP contribution in [0.15, 0.2) is 71.8 Å². The molecule has 0 saturated carbocycles. The van der Waals surface area contributed by atoms with Crippen LogP contribution in [0, 0.1) is 0 Å². The van der Waals surface area contributed by atoms with Crippen LogP contribution in [0.2, 0.25) is 0 Å². The number of benzene rings is 3. The van der Waals surface area contributed by atoms with Gasteiger partial charge in [-0.1, -0.05) is 30.3 Å². The number of fused-ring (bicyclic) bond motifs is 3. The smallest absolute Gasteiger partial charge is 0.217 e. The van der Waals surface area contributed by atoms with E-state index in [4.69, 9.17) is 24.0 Å². The summed E-state index contributed by atoms with van der Waals surface area (Å²) in [5, 5.41) is 7.07. The minimum absolute atomic E-state index is 0.0571. The molecule has 5 rings (SSSR count). The fourth-order valence-electron chi connectivity index (χ4n) is 4.31. The molecule has 0 radical (unpaired) electrons. The molecular weight excluding hydrogens is 392 g/mol. The number of rotatable bonds is 5. The fraction of sp³-hybridized carbons (Fsp3) is 0.240. The van der Waals surface area contributed by atoms with Crippen LogP contribution >= 0.6 is 0 Å². The first-order chi connectivity index (χ1) is 15.2. The Hall–Kier alpha value is -3.67. The van der Waals surface area contributed by atoms with Gasteiger partial charge in [-0.25, -0.2) is 5.01 Å². The molecule has 6 nitrogen and oxygen atoms in total. The maximum absolute atomic E-state index is 6.44. The Morgan fingerprint density at radius 1 is 0.839 bits per heavy atom. The first kappa shape index (κ1) is 19.3. The van der Waals surface area contributed by atoms with Crippen LogP contribution < -0.4 is 18.9 Å². The van der Waals surface area contributed by atoms with Gasteiger partial charge in [-0.3, -0.25) is 0 Å². The topological polar surface area (TPSA) is 52.5 Å². The molecule has 2 aliphatic heterocycles. The lowest BCUT2D eigenvalue weighted by molar-refractivity contribution is -0.0203. The summed E-state index contributed by atoms with van der Waals surface area (Å²) >= 11 is 0. The van der Waals surface area contributed by atoms with E-state index in [2.05, 4.69) is 6.07 Å².